The molecule has 1 aliphatic rings. The maximum Gasteiger partial charge on any atom is 0.255 e. The molecule has 1 fully saturated rings. The minimum absolute atomic E-state index is 0.233. The van der Waals surface area contributed by atoms with E-state index < -0.39 is 10.0 Å². The number of sulfonamides is 1. The number of carbonyl (C=O) groups is 1. The zero-order valence-corrected chi connectivity index (χ0v) is 18.8. The first-order valence-corrected chi connectivity index (χ1v) is 11.9. The van der Waals surface area contributed by atoms with Crippen LogP contribution in [0.15, 0.2) is 59.5 Å². The van der Waals surface area contributed by atoms with E-state index >= 15 is 0 Å². The zero-order valence-electron chi connectivity index (χ0n) is 18.0. The molecule has 1 aromatic heterocycles. The third kappa shape index (κ3) is 4.95. The number of benzene rings is 2. The second-order valence-corrected chi connectivity index (χ2v) is 9.71. The molecule has 2 aromatic carbocycles. The van der Waals surface area contributed by atoms with Gasteiger partial charge in [0.05, 0.1) is 4.90 Å². The molecule has 9 heteroatoms. The Hall–Kier alpha value is -3.30. The molecule has 0 saturated carbocycles. The van der Waals surface area contributed by atoms with Crippen molar-refractivity contribution in [2.45, 2.75) is 31.6 Å². The van der Waals surface area contributed by atoms with Crippen LogP contribution >= 0.6 is 0 Å². The number of rotatable bonds is 6. The second kappa shape index (κ2) is 9.05. The van der Waals surface area contributed by atoms with Gasteiger partial charge in [-0.1, -0.05) is 6.07 Å². The summed E-state index contributed by atoms with van der Waals surface area (Å²) in [5, 5.41) is 5.93. The van der Waals surface area contributed by atoms with Crippen LogP contribution in [-0.2, 0) is 10.0 Å². The van der Waals surface area contributed by atoms with Crippen LogP contribution in [0.3, 0.4) is 0 Å². The molecule has 0 aliphatic carbocycles. The highest BCUT2D eigenvalue weighted by Gasteiger charge is 2.26. The molecule has 0 unspecified atom stereocenters. The Morgan fingerprint density at radius 2 is 1.56 bits per heavy atom. The van der Waals surface area contributed by atoms with Gasteiger partial charge in [-0.05, 0) is 75.2 Å². The predicted octanol–water partition coefficient (Wildman–Crippen LogP) is 3.87. The standard InChI is InChI=1S/C23H25N5O3S/c1-16-14-17(2)25-23(24-16)27-20-7-5-6-18(15-20)22(29)26-19-8-10-21(11-9-19)32(30,31)28-12-3-4-13-28/h5-11,14-15H,3-4,12-13H2,1-2H3,(H,26,29)(H,24,25,27). The van der Waals surface area contributed by atoms with Gasteiger partial charge in [0.25, 0.3) is 5.91 Å². The lowest BCUT2D eigenvalue weighted by molar-refractivity contribution is 0.102. The molecule has 2 N–H and O–H groups in total. The fraction of sp³-hybridized carbons (Fsp3) is 0.261. The summed E-state index contributed by atoms with van der Waals surface area (Å²) < 4.78 is 26.8. The van der Waals surface area contributed by atoms with Crippen LogP contribution in [0, 0.1) is 13.8 Å². The molecule has 32 heavy (non-hydrogen) atoms. The molecule has 0 atom stereocenters. The van der Waals surface area contributed by atoms with Crippen LogP contribution < -0.4 is 10.6 Å². The van der Waals surface area contributed by atoms with Gasteiger partial charge in [-0.2, -0.15) is 4.31 Å². The molecule has 0 spiro atoms. The number of anilines is 3. The average molecular weight is 452 g/mol. The van der Waals surface area contributed by atoms with Crippen molar-refractivity contribution < 1.29 is 13.2 Å². The molecule has 2 heterocycles. The predicted molar refractivity (Wildman–Crippen MR) is 124 cm³/mol. The van der Waals surface area contributed by atoms with E-state index in [4.69, 9.17) is 0 Å². The van der Waals surface area contributed by atoms with Crippen LogP contribution in [-0.4, -0.2) is 41.7 Å². The number of amides is 1. The molecule has 0 radical (unpaired) electrons. The van der Waals surface area contributed by atoms with Crippen LogP contribution in [0.5, 0.6) is 0 Å². The number of hydrogen-bond donors (Lipinski definition) is 2. The van der Waals surface area contributed by atoms with Crippen LogP contribution in [0.1, 0.15) is 34.6 Å². The molecule has 1 saturated heterocycles. The first kappa shape index (κ1) is 21.9. The number of nitrogens with one attached hydrogen (secondary N) is 2. The number of carbonyl (C=O) groups excluding carboxylic acids is 1. The molecule has 0 bridgehead atoms. The SMILES string of the molecule is Cc1cc(C)nc(Nc2cccc(C(=O)Nc3ccc(S(=O)(=O)N4CCCC4)cc3)c2)n1. The average Bonchev–Trinajstić information content (AvgIpc) is 3.29. The van der Waals surface area contributed by atoms with Gasteiger partial charge in [0, 0.05) is 41.4 Å². The van der Waals surface area contributed by atoms with Gasteiger partial charge in [-0.3, -0.25) is 4.79 Å². The van der Waals surface area contributed by atoms with Gasteiger partial charge in [-0.15, -0.1) is 0 Å². The van der Waals surface area contributed by atoms with E-state index in [1.165, 1.54) is 16.4 Å². The largest absolute Gasteiger partial charge is 0.324 e. The van der Waals surface area contributed by atoms with Crippen LogP contribution in [0.25, 0.3) is 0 Å². The van der Waals surface area contributed by atoms with Gasteiger partial charge >= 0.3 is 0 Å². The second-order valence-electron chi connectivity index (χ2n) is 7.77. The van der Waals surface area contributed by atoms with Crippen LogP contribution in [0.4, 0.5) is 17.3 Å². The summed E-state index contributed by atoms with van der Waals surface area (Å²) in [6, 6.07) is 15.2. The summed E-state index contributed by atoms with van der Waals surface area (Å²) in [4.78, 5) is 21.7. The minimum atomic E-state index is -3.48. The topological polar surface area (TPSA) is 104 Å². The lowest BCUT2D eigenvalue weighted by Gasteiger charge is -2.15. The Balaban J connectivity index is 1.45. The zero-order chi connectivity index (χ0) is 22.7. The summed E-state index contributed by atoms with van der Waals surface area (Å²) in [5.74, 6) is 0.167. The van der Waals surface area contributed by atoms with Crippen LogP contribution in [0.2, 0.25) is 0 Å². The fourth-order valence-electron chi connectivity index (χ4n) is 3.64. The summed E-state index contributed by atoms with van der Waals surface area (Å²) in [6.45, 7) is 4.90. The Bertz CT molecular complexity index is 1220. The molecule has 4 rings (SSSR count). The van der Waals surface area contributed by atoms with Crippen molar-refractivity contribution in [1.29, 1.82) is 0 Å². The molecule has 8 nitrogen and oxygen atoms in total. The van der Waals surface area contributed by atoms with Gasteiger partial charge in [0.2, 0.25) is 16.0 Å². The van der Waals surface area contributed by atoms with Crippen molar-refractivity contribution in [2.75, 3.05) is 23.7 Å². The number of aryl methyl sites for hydroxylation is 2. The van der Waals surface area contributed by atoms with E-state index in [0.29, 0.717) is 36.0 Å². The van der Waals surface area contributed by atoms with E-state index in [9.17, 15) is 13.2 Å². The Labute approximate surface area is 187 Å². The van der Waals surface area contributed by atoms with E-state index in [-0.39, 0.29) is 10.8 Å². The van der Waals surface area contributed by atoms with Crippen molar-refractivity contribution in [3.05, 3.63) is 71.5 Å². The molecule has 1 amide bonds. The molecular weight excluding hydrogens is 426 g/mol. The molecular formula is C23H25N5O3S. The Kier molecular flexibility index (Phi) is 6.20. The highest BCUT2D eigenvalue weighted by atomic mass is 32.2. The van der Waals surface area contributed by atoms with Crippen molar-refractivity contribution in [1.82, 2.24) is 14.3 Å². The maximum atomic E-state index is 12.7. The van der Waals surface area contributed by atoms with Gasteiger partial charge in [0.15, 0.2) is 0 Å². The lowest BCUT2D eigenvalue weighted by Crippen LogP contribution is -2.27. The normalized spacial score (nSPS) is 14.3. The van der Waals surface area contributed by atoms with Crippen molar-refractivity contribution in [3.63, 3.8) is 0 Å². The minimum Gasteiger partial charge on any atom is -0.324 e. The number of hydrogen-bond acceptors (Lipinski definition) is 6. The highest BCUT2D eigenvalue weighted by Crippen LogP contribution is 2.23. The molecule has 3 aromatic rings. The quantitative estimate of drug-likeness (QED) is 0.590. The third-order valence-corrected chi connectivity index (χ3v) is 7.09. The summed E-state index contributed by atoms with van der Waals surface area (Å²) in [7, 11) is -3.48. The third-order valence-electron chi connectivity index (χ3n) is 5.18. The van der Waals surface area contributed by atoms with Crippen molar-refractivity contribution in [2.24, 2.45) is 0 Å². The van der Waals surface area contributed by atoms with E-state index in [2.05, 4.69) is 20.6 Å². The van der Waals surface area contributed by atoms with Crippen molar-refractivity contribution >= 4 is 33.3 Å². The van der Waals surface area contributed by atoms with E-state index in [0.717, 1.165) is 24.2 Å². The maximum absolute atomic E-state index is 12.7. The van der Waals surface area contributed by atoms with E-state index in [1.807, 2.05) is 26.0 Å². The lowest BCUT2D eigenvalue weighted by atomic mass is 10.2. The first-order valence-electron chi connectivity index (χ1n) is 10.4. The highest BCUT2D eigenvalue weighted by molar-refractivity contribution is 7.89. The summed E-state index contributed by atoms with van der Waals surface area (Å²) in [6.07, 6.45) is 1.77. The molecule has 166 valence electrons. The van der Waals surface area contributed by atoms with Gasteiger partial charge in [-0.25, -0.2) is 18.4 Å². The number of aromatic nitrogens is 2. The van der Waals surface area contributed by atoms with Gasteiger partial charge < -0.3 is 10.6 Å². The summed E-state index contributed by atoms with van der Waals surface area (Å²) >= 11 is 0. The monoisotopic (exact) mass is 451 g/mol. The first-order chi connectivity index (χ1) is 15.3. The summed E-state index contributed by atoms with van der Waals surface area (Å²) in [5.41, 5.74) is 3.36. The Morgan fingerprint density at radius 3 is 2.22 bits per heavy atom. The number of nitrogens with zero attached hydrogens (tertiary/aromatic N) is 3. The Morgan fingerprint density at radius 1 is 0.906 bits per heavy atom. The smallest absolute Gasteiger partial charge is 0.255 e. The van der Waals surface area contributed by atoms with Crippen molar-refractivity contribution in [3.8, 4) is 0 Å². The fourth-order valence-corrected chi connectivity index (χ4v) is 5.16. The molecule has 1 aliphatic heterocycles. The van der Waals surface area contributed by atoms with Gasteiger partial charge in [0.1, 0.15) is 0 Å². The van der Waals surface area contributed by atoms with E-state index in [1.54, 1.807) is 30.3 Å².